The SMILES string of the molecule is CCCC(C)(COC(C)=O)COC(=O)NC(C)C. The molecule has 0 heterocycles. The number of ether oxygens (including phenoxy) is 2. The van der Waals surface area contributed by atoms with Gasteiger partial charge in [0.25, 0.3) is 0 Å². The Balaban J connectivity index is 4.24. The van der Waals surface area contributed by atoms with Crippen LogP contribution in [0.3, 0.4) is 0 Å². The smallest absolute Gasteiger partial charge is 0.407 e. The molecular weight excluding hydrogens is 234 g/mol. The van der Waals surface area contributed by atoms with Crippen molar-refractivity contribution in [2.75, 3.05) is 13.2 Å². The molecule has 0 fully saturated rings. The summed E-state index contributed by atoms with van der Waals surface area (Å²) in [5.74, 6) is -0.316. The van der Waals surface area contributed by atoms with E-state index in [1.54, 1.807) is 0 Å². The number of amides is 1. The molecule has 0 radical (unpaired) electrons. The standard InChI is InChI=1S/C13H25NO4/c1-6-7-13(5,8-17-11(4)15)9-18-12(16)14-10(2)3/h10H,6-9H2,1-5H3,(H,14,16). The minimum Gasteiger partial charge on any atom is -0.465 e. The predicted molar refractivity (Wildman–Crippen MR) is 69.3 cm³/mol. The zero-order valence-corrected chi connectivity index (χ0v) is 12.0. The van der Waals surface area contributed by atoms with Gasteiger partial charge >= 0.3 is 12.1 Å². The van der Waals surface area contributed by atoms with Crippen molar-refractivity contribution < 1.29 is 19.1 Å². The van der Waals surface area contributed by atoms with E-state index in [0.29, 0.717) is 0 Å². The average Bonchev–Trinajstić information content (AvgIpc) is 2.24. The van der Waals surface area contributed by atoms with Gasteiger partial charge in [0.05, 0.1) is 6.61 Å². The topological polar surface area (TPSA) is 64.6 Å². The zero-order valence-electron chi connectivity index (χ0n) is 12.0. The van der Waals surface area contributed by atoms with Gasteiger partial charge in [0, 0.05) is 18.4 Å². The Kier molecular flexibility index (Phi) is 7.39. The highest BCUT2D eigenvalue weighted by atomic mass is 16.6. The van der Waals surface area contributed by atoms with Gasteiger partial charge in [0.2, 0.25) is 0 Å². The van der Waals surface area contributed by atoms with Crippen LogP contribution in [0, 0.1) is 5.41 Å². The van der Waals surface area contributed by atoms with Crippen LogP contribution in [-0.4, -0.2) is 31.3 Å². The van der Waals surface area contributed by atoms with Crippen LogP contribution < -0.4 is 5.32 Å². The van der Waals surface area contributed by atoms with E-state index in [0.717, 1.165) is 12.8 Å². The summed E-state index contributed by atoms with van der Waals surface area (Å²) in [6.07, 6.45) is 1.33. The third-order valence-electron chi connectivity index (χ3n) is 2.44. The van der Waals surface area contributed by atoms with Crippen molar-refractivity contribution in [2.24, 2.45) is 5.41 Å². The Morgan fingerprint density at radius 1 is 1.22 bits per heavy atom. The van der Waals surface area contributed by atoms with Crippen LogP contribution in [0.2, 0.25) is 0 Å². The van der Waals surface area contributed by atoms with Gasteiger partial charge in [0.15, 0.2) is 0 Å². The summed E-state index contributed by atoms with van der Waals surface area (Å²) in [5, 5.41) is 2.65. The van der Waals surface area contributed by atoms with E-state index in [4.69, 9.17) is 9.47 Å². The number of nitrogens with one attached hydrogen (secondary N) is 1. The number of alkyl carbamates (subject to hydrolysis) is 1. The van der Waals surface area contributed by atoms with Gasteiger partial charge in [-0.2, -0.15) is 0 Å². The van der Waals surface area contributed by atoms with Gasteiger partial charge in [-0.05, 0) is 20.3 Å². The Morgan fingerprint density at radius 3 is 2.22 bits per heavy atom. The van der Waals surface area contributed by atoms with E-state index >= 15 is 0 Å². The summed E-state index contributed by atoms with van der Waals surface area (Å²) in [6, 6.07) is 0.0448. The van der Waals surface area contributed by atoms with Gasteiger partial charge in [-0.25, -0.2) is 4.79 Å². The van der Waals surface area contributed by atoms with Crippen molar-refractivity contribution in [3.63, 3.8) is 0 Å². The van der Waals surface area contributed by atoms with Crippen molar-refractivity contribution in [2.45, 2.75) is 53.5 Å². The lowest BCUT2D eigenvalue weighted by molar-refractivity contribution is -0.145. The highest BCUT2D eigenvalue weighted by Crippen LogP contribution is 2.24. The van der Waals surface area contributed by atoms with E-state index < -0.39 is 6.09 Å². The number of hydrogen-bond acceptors (Lipinski definition) is 4. The molecule has 1 N–H and O–H groups in total. The molecule has 0 saturated heterocycles. The highest BCUT2D eigenvalue weighted by Gasteiger charge is 2.27. The summed E-state index contributed by atoms with van der Waals surface area (Å²) in [7, 11) is 0. The number of rotatable bonds is 7. The van der Waals surface area contributed by atoms with Crippen molar-refractivity contribution in [3.05, 3.63) is 0 Å². The van der Waals surface area contributed by atoms with Crippen molar-refractivity contribution in [3.8, 4) is 0 Å². The lowest BCUT2D eigenvalue weighted by atomic mass is 9.87. The molecule has 5 heteroatoms. The van der Waals surface area contributed by atoms with Gasteiger partial charge in [-0.3, -0.25) is 4.79 Å². The predicted octanol–water partition coefficient (Wildman–Crippen LogP) is 2.49. The van der Waals surface area contributed by atoms with Gasteiger partial charge < -0.3 is 14.8 Å². The molecule has 0 bridgehead atoms. The number of carbonyl (C=O) groups excluding carboxylic acids is 2. The van der Waals surface area contributed by atoms with Crippen LogP contribution in [0.4, 0.5) is 4.79 Å². The fraction of sp³-hybridized carbons (Fsp3) is 0.846. The summed E-state index contributed by atoms with van der Waals surface area (Å²) in [6.45, 7) is 9.61. The molecule has 1 atom stereocenters. The normalized spacial score (nSPS) is 13.9. The lowest BCUT2D eigenvalue weighted by Gasteiger charge is -2.28. The second-order valence-corrected chi connectivity index (χ2v) is 5.22. The van der Waals surface area contributed by atoms with Gasteiger partial charge in [-0.1, -0.05) is 20.3 Å². The quantitative estimate of drug-likeness (QED) is 0.713. The maximum atomic E-state index is 11.4. The molecule has 0 aliphatic carbocycles. The van der Waals surface area contributed by atoms with E-state index in [9.17, 15) is 9.59 Å². The Hall–Kier alpha value is -1.26. The van der Waals surface area contributed by atoms with Crippen LogP contribution in [0.25, 0.3) is 0 Å². The average molecular weight is 259 g/mol. The van der Waals surface area contributed by atoms with E-state index in [1.165, 1.54) is 6.92 Å². The van der Waals surface area contributed by atoms with E-state index in [1.807, 2.05) is 27.7 Å². The van der Waals surface area contributed by atoms with Crippen LogP contribution in [-0.2, 0) is 14.3 Å². The third kappa shape index (κ3) is 7.92. The lowest BCUT2D eigenvalue weighted by Crippen LogP contribution is -2.36. The first-order chi connectivity index (χ1) is 8.29. The summed E-state index contributed by atoms with van der Waals surface area (Å²) in [5.41, 5.74) is -0.325. The van der Waals surface area contributed by atoms with Crippen LogP contribution in [0.5, 0.6) is 0 Å². The largest absolute Gasteiger partial charge is 0.465 e. The minimum atomic E-state index is -0.435. The Labute approximate surface area is 109 Å². The second-order valence-electron chi connectivity index (χ2n) is 5.22. The van der Waals surface area contributed by atoms with Crippen LogP contribution >= 0.6 is 0 Å². The highest BCUT2D eigenvalue weighted by molar-refractivity contribution is 5.67. The summed E-state index contributed by atoms with van der Waals surface area (Å²) in [4.78, 5) is 22.2. The summed E-state index contributed by atoms with van der Waals surface area (Å²) >= 11 is 0. The number of carbonyl (C=O) groups is 2. The fourth-order valence-corrected chi connectivity index (χ4v) is 1.58. The molecule has 0 saturated carbocycles. The van der Waals surface area contributed by atoms with Crippen LogP contribution in [0.1, 0.15) is 47.5 Å². The molecule has 0 aromatic carbocycles. The van der Waals surface area contributed by atoms with Crippen molar-refractivity contribution in [1.82, 2.24) is 5.32 Å². The zero-order chi connectivity index (χ0) is 14.2. The molecule has 1 amide bonds. The Bertz CT molecular complexity index is 278. The molecular formula is C13H25NO4. The molecule has 5 nitrogen and oxygen atoms in total. The number of esters is 1. The minimum absolute atomic E-state index is 0.0448. The Morgan fingerprint density at radius 2 is 1.78 bits per heavy atom. The maximum Gasteiger partial charge on any atom is 0.407 e. The molecule has 18 heavy (non-hydrogen) atoms. The second kappa shape index (κ2) is 7.95. The third-order valence-corrected chi connectivity index (χ3v) is 2.44. The fourth-order valence-electron chi connectivity index (χ4n) is 1.58. The molecule has 0 rings (SSSR count). The molecule has 0 aliphatic rings. The molecule has 0 aromatic heterocycles. The molecule has 106 valence electrons. The molecule has 1 unspecified atom stereocenters. The first kappa shape index (κ1) is 16.7. The van der Waals surface area contributed by atoms with Gasteiger partial charge in [-0.15, -0.1) is 0 Å². The van der Waals surface area contributed by atoms with Crippen LogP contribution in [0.15, 0.2) is 0 Å². The molecule has 0 aromatic rings. The van der Waals surface area contributed by atoms with Crippen molar-refractivity contribution in [1.29, 1.82) is 0 Å². The number of hydrogen-bond donors (Lipinski definition) is 1. The maximum absolute atomic E-state index is 11.4. The first-order valence-electron chi connectivity index (χ1n) is 6.35. The molecule has 0 spiro atoms. The first-order valence-corrected chi connectivity index (χ1v) is 6.35. The summed E-state index contributed by atoms with van der Waals surface area (Å²) < 4.78 is 10.2. The van der Waals surface area contributed by atoms with E-state index in [-0.39, 0.29) is 30.6 Å². The van der Waals surface area contributed by atoms with Gasteiger partial charge in [0.1, 0.15) is 6.61 Å². The molecule has 0 aliphatic heterocycles. The monoisotopic (exact) mass is 259 g/mol. The van der Waals surface area contributed by atoms with Crippen molar-refractivity contribution >= 4 is 12.1 Å². The van der Waals surface area contributed by atoms with E-state index in [2.05, 4.69) is 5.32 Å².